The summed E-state index contributed by atoms with van der Waals surface area (Å²) in [6.45, 7) is 0. The Morgan fingerprint density at radius 1 is 1.47 bits per heavy atom. The summed E-state index contributed by atoms with van der Waals surface area (Å²) in [5.41, 5.74) is 0.653. The van der Waals surface area contributed by atoms with Gasteiger partial charge in [0.1, 0.15) is 21.9 Å². The quantitative estimate of drug-likeness (QED) is 0.847. The molecule has 0 unspecified atom stereocenters. The number of thiophene rings is 1. The standard InChI is InChI=1S/C11H6ClN3OS/c12-9-3-1-2-8(14-9)10(16)15-11-7(6-13)4-5-17-11/h1-5H,(H,15,16). The molecule has 0 fully saturated rings. The normalized spacial score (nSPS) is 9.65. The van der Waals surface area contributed by atoms with Crippen LogP contribution in [-0.2, 0) is 0 Å². The minimum absolute atomic E-state index is 0.217. The molecular weight excluding hydrogens is 258 g/mol. The highest BCUT2D eigenvalue weighted by atomic mass is 35.5. The van der Waals surface area contributed by atoms with E-state index in [1.165, 1.54) is 11.3 Å². The van der Waals surface area contributed by atoms with Crippen molar-refractivity contribution in [3.63, 3.8) is 0 Å². The van der Waals surface area contributed by atoms with Crippen LogP contribution >= 0.6 is 22.9 Å². The fourth-order valence-electron chi connectivity index (χ4n) is 1.20. The summed E-state index contributed by atoms with van der Waals surface area (Å²) in [7, 11) is 0. The summed E-state index contributed by atoms with van der Waals surface area (Å²) in [5, 5.41) is 13.9. The molecule has 0 aliphatic carbocycles. The summed E-state index contributed by atoms with van der Waals surface area (Å²) in [4.78, 5) is 15.7. The van der Waals surface area contributed by atoms with Crippen LogP contribution < -0.4 is 5.32 Å². The highest BCUT2D eigenvalue weighted by Crippen LogP contribution is 2.22. The Bertz CT molecular complexity index is 603. The number of hydrogen-bond donors (Lipinski definition) is 1. The number of nitrogens with one attached hydrogen (secondary N) is 1. The van der Waals surface area contributed by atoms with Crippen molar-refractivity contribution in [1.82, 2.24) is 4.98 Å². The van der Waals surface area contributed by atoms with Gasteiger partial charge in [0.25, 0.3) is 5.91 Å². The number of amides is 1. The Labute approximate surface area is 106 Å². The van der Waals surface area contributed by atoms with Crippen molar-refractivity contribution in [2.45, 2.75) is 0 Å². The Kier molecular flexibility index (Phi) is 3.38. The van der Waals surface area contributed by atoms with Crippen LogP contribution in [0.15, 0.2) is 29.6 Å². The lowest BCUT2D eigenvalue weighted by atomic mass is 10.3. The highest BCUT2D eigenvalue weighted by Gasteiger charge is 2.11. The van der Waals surface area contributed by atoms with Gasteiger partial charge in [-0.25, -0.2) is 4.98 Å². The van der Waals surface area contributed by atoms with Crippen molar-refractivity contribution in [2.75, 3.05) is 5.32 Å². The second kappa shape index (κ2) is 4.95. The van der Waals surface area contributed by atoms with E-state index in [0.29, 0.717) is 10.6 Å². The third-order valence-corrected chi connectivity index (χ3v) is 3.00. The summed E-state index contributed by atoms with van der Waals surface area (Å²) < 4.78 is 0. The van der Waals surface area contributed by atoms with Crippen LogP contribution in [0, 0.1) is 11.3 Å². The largest absolute Gasteiger partial charge is 0.311 e. The number of rotatable bonds is 2. The van der Waals surface area contributed by atoms with E-state index in [9.17, 15) is 4.79 Å². The van der Waals surface area contributed by atoms with Gasteiger partial charge >= 0.3 is 0 Å². The molecule has 2 heterocycles. The molecule has 2 aromatic rings. The van der Waals surface area contributed by atoms with E-state index in [4.69, 9.17) is 16.9 Å². The predicted octanol–water partition coefficient (Wildman–Crippen LogP) is 2.92. The van der Waals surface area contributed by atoms with Gasteiger partial charge in [0, 0.05) is 0 Å². The second-order valence-electron chi connectivity index (χ2n) is 3.07. The van der Waals surface area contributed by atoms with E-state index < -0.39 is 0 Å². The molecule has 84 valence electrons. The van der Waals surface area contributed by atoms with Crippen LogP contribution in [-0.4, -0.2) is 10.9 Å². The average molecular weight is 264 g/mol. The lowest BCUT2D eigenvalue weighted by Gasteiger charge is -2.02. The maximum absolute atomic E-state index is 11.8. The van der Waals surface area contributed by atoms with E-state index in [-0.39, 0.29) is 16.8 Å². The lowest BCUT2D eigenvalue weighted by Crippen LogP contribution is -2.13. The molecule has 0 radical (unpaired) electrons. The van der Waals surface area contributed by atoms with E-state index in [1.54, 1.807) is 29.6 Å². The molecule has 0 saturated heterocycles. The first-order valence-electron chi connectivity index (χ1n) is 4.62. The zero-order valence-electron chi connectivity index (χ0n) is 8.48. The van der Waals surface area contributed by atoms with Gasteiger partial charge in [-0.15, -0.1) is 11.3 Å². The van der Waals surface area contributed by atoms with Crippen LogP contribution in [0.2, 0.25) is 5.15 Å². The van der Waals surface area contributed by atoms with Crippen molar-refractivity contribution in [2.24, 2.45) is 0 Å². The molecule has 1 amide bonds. The maximum Gasteiger partial charge on any atom is 0.274 e. The number of nitriles is 1. The summed E-state index contributed by atoms with van der Waals surface area (Å²) in [6.07, 6.45) is 0. The fourth-order valence-corrected chi connectivity index (χ4v) is 2.09. The van der Waals surface area contributed by atoms with Crippen LogP contribution in [0.25, 0.3) is 0 Å². The second-order valence-corrected chi connectivity index (χ2v) is 4.38. The Hall–Kier alpha value is -1.90. The predicted molar refractivity (Wildman–Crippen MR) is 66.2 cm³/mol. The van der Waals surface area contributed by atoms with Crippen LogP contribution in [0.1, 0.15) is 16.1 Å². The first-order chi connectivity index (χ1) is 8.20. The number of aromatic nitrogens is 1. The molecule has 6 heteroatoms. The van der Waals surface area contributed by atoms with Gasteiger partial charge in [0.05, 0.1) is 5.56 Å². The molecular formula is C11H6ClN3OS. The van der Waals surface area contributed by atoms with Gasteiger partial charge in [-0.05, 0) is 23.6 Å². The van der Waals surface area contributed by atoms with E-state index in [1.807, 2.05) is 6.07 Å². The van der Waals surface area contributed by atoms with Gasteiger partial charge < -0.3 is 5.32 Å². The van der Waals surface area contributed by atoms with Crippen LogP contribution in [0.5, 0.6) is 0 Å². The maximum atomic E-state index is 11.8. The first kappa shape index (κ1) is 11.6. The molecule has 0 atom stereocenters. The lowest BCUT2D eigenvalue weighted by molar-refractivity contribution is 0.102. The van der Waals surface area contributed by atoms with Crippen molar-refractivity contribution >= 4 is 33.8 Å². The third-order valence-electron chi connectivity index (χ3n) is 1.96. The Morgan fingerprint density at radius 2 is 2.29 bits per heavy atom. The van der Waals surface area contributed by atoms with Gasteiger partial charge in [-0.3, -0.25) is 4.79 Å². The molecule has 0 spiro atoms. The van der Waals surface area contributed by atoms with Gasteiger partial charge in [-0.1, -0.05) is 17.7 Å². The number of hydrogen-bond acceptors (Lipinski definition) is 4. The highest BCUT2D eigenvalue weighted by molar-refractivity contribution is 7.14. The minimum Gasteiger partial charge on any atom is -0.311 e. The zero-order valence-corrected chi connectivity index (χ0v) is 10.0. The molecule has 2 rings (SSSR count). The van der Waals surface area contributed by atoms with Gasteiger partial charge in [0.15, 0.2) is 0 Å². The summed E-state index contributed by atoms with van der Waals surface area (Å²) in [6, 6.07) is 8.42. The van der Waals surface area contributed by atoms with Crippen LogP contribution in [0.4, 0.5) is 5.00 Å². The first-order valence-corrected chi connectivity index (χ1v) is 5.88. The molecule has 0 aliphatic rings. The zero-order chi connectivity index (χ0) is 12.3. The smallest absolute Gasteiger partial charge is 0.274 e. The van der Waals surface area contributed by atoms with Crippen molar-refractivity contribution in [1.29, 1.82) is 5.26 Å². The van der Waals surface area contributed by atoms with Crippen LogP contribution in [0.3, 0.4) is 0 Å². The topological polar surface area (TPSA) is 65.8 Å². The molecule has 17 heavy (non-hydrogen) atoms. The average Bonchev–Trinajstić information content (AvgIpc) is 2.76. The van der Waals surface area contributed by atoms with Gasteiger partial charge in [0.2, 0.25) is 0 Å². The van der Waals surface area contributed by atoms with Gasteiger partial charge in [-0.2, -0.15) is 5.26 Å². The van der Waals surface area contributed by atoms with E-state index in [2.05, 4.69) is 10.3 Å². The molecule has 1 N–H and O–H groups in total. The molecule has 2 aromatic heterocycles. The molecule has 0 bridgehead atoms. The number of carbonyl (C=O) groups excluding carboxylic acids is 1. The fraction of sp³-hybridized carbons (Fsp3) is 0. The van der Waals surface area contributed by atoms with E-state index >= 15 is 0 Å². The number of pyridine rings is 1. The number of halogens is 1. The Morgan fingerprint density at radius 3 is 3.00 bits per heavy atom. The minimum atomic E-state index is -0.383. The Balaban J connectivity index is 2.21. The SMILES string of the molecule is N#Cc1ccsc1NC(=O)c1cccc(Cl)n1. The van der Waals surface area contributed by atoms with E-state index in [0.717, 1.165) is 0 Å². The van der Waals surface area contributed by atoms with Crippen molar-refractivity contribution < 1.29 is 4.79 Å². The third kappa shape index (κ3) is 2.61. The van der Waals surface area contributed by atoms with Crippen molar-refractivity contribution in [3.8, 4) is 6.07 Å². The number of nitrogens with zero attached hydrogens (tertiary/aromatic N) is 2. The number of anilines is 1. The molecule has 4 nitrogen and oxygen atoms in total. The summed E-state index contributed by atoms with van der Waals surface area (Å²) >= 11 is 6.97. The summed E-state index contributed by atoms with van der Waals surface area (Å²) in [5.74, 6) is -0.383. The molecule has 0 aliphatic heterocycles. The number of carbonyl (C=O) groups is 1. The molecule has 0 saturated carbocycles. The van der Waals surface area contributed by atoms with Crippen molar-refractivity contribution in [3.05, 3.63) is 46.1 Å². The monoisotopic (exact) mass is 263 g/mol. The molecule has 0 aromatic carbocycles.